The fourth-order valence-corrected chi connectivity index (χ4v) is 0.956. The Morgan fingerprint density at radius 2 is 2.36 bits per heavy atom. The second-order valence-electron chi connectivity index (χ2n) is 2.07. The van der Waals surface area contributed by atoms with E-state index in [-0.39, 0.29) is 0 Å². The third kappa shape index (κ3) is 7.18. The Bertz CT molecular complexity index is 158. The Labute approximate surface area is 70.6 Å². The maximum atomic E-state index is 10.2. The normalized spacial score (nSPS) is 11.3. The number of rotatable bonds is 4. The molecule has 0 aromatic heterocycles. The molecule has 0 aliphatic heterocycles. The Morgan fingerprint density at radius 3 is 2.82 bits per heavy atom. The molecule has 0 saturated carbocycles. The second kappa shape index (κ2) is 6.03. The Balaban J connectivity index is 3.54. The van der Waals surface area contributed by atoms with Crippen LogP contribution in [0.5, 0.6) is 0 Å². The van der Waals surface area contributed by atoms with Gasteiger partial charge in [-0.2, -0.15) is 16.9 Å². The minimum absolute atomic E-state index is 0.617. The van der Waals surface area contributed by atoms with Gasteiger partial charge in [0.1, 0.15) is 0 Å². The number of amides is 2. The van der Waals surface area contributed by atoms with E-state index in [0.717, 1.165) is 17.9 Å². The molecule has 0 aromatic carbocycles. The lowest BCUT2D eigenvalue weighted by atomic mass is 10.3. The number of thioether (sulfide) groups is 1. The van der Waals surface area contributed by atoms with Crippen molar-refractivity contribution >= 4 is 23.5 Å². The Hall–Kier alpha value is -0.710. The number of nitrogens with zero attached hydrogens (tertiary/aromatic N) is 1. The molecule has 3 N–H and O–H groups in total. The van der Waals surface area contributed by atoms with Crippen LogP contribution in [0.3, 0.4) is 0 Å². The van der Waals surface area contributed by atoms with Crippen molar-refractivity contribution < 1.29 is 4.79 Å². The zero-order chi connectivity index (χ0) is 8.69. The van der Waals surface area contributed by atoms with E-state index in [0.29, 0.717) is 0 Å². The summed E-state index contributed by atoms with van der Waals surface area (Å²) >= 11 is 1.74. The van der Waals surface area contributed by atoms with E-state index in [1.165, 1.54) is 0 Å². The summed E-state index contributed by atoms with van der Waals surface area (Å²) in [6.07, 6.45) is 2.90. The first-order valence-corrected chi connectivity index (χ1v) is 4.63. The summed E-state index contributed by atoms with van der Waals surface area (Å²) in [6, 6.07) is -0.617. The molecule has 11 heavy (non-hydrogen) atoms. The molecule has 0 heterocycles. The van der Waals surface area contributed by atoms with Gasteiger partial charge in [0.15, 0.2) is 0 Å². The summed E-state index contributed by atoms with van der Waals surface area (Å²) in [7, 11) is 0. The number of hydrogen-bond donors (Lipinski definition) is 2. The smallest absolute Gasteiger partial charge is 0.332 e. The molecule has 2 amide bonds. The standard InChI is InChI=1S/C6H13N3OS/c1-5(3-4-11-2)8-9-6(7)10/h3-4H2,1-2H3,(H3,7,9,10)/b8-5+. The van der Waals surface area contributed by atoms with Gasteiger partial charge in [-0.05, 0) is 25.4 Å². The van der Waals surface area contributed by atoms with E-state index in [1.807, 2.05) is 13.2 Å². The third-order valence-electron chi connectivity index (χ3n) is 1.02. The highest BCUT2D eigenvalue weighted by Crippen LogP contribution is 1.96. The van der Waals surface area contributed by atoms with E-state index in [9.17, 15) is 4.79 Å². The quantitative estimate of drug-likeness (QED) is 0.490. The molecule has 0 spiro atoms. The molecule has 0 unspecified atom stereocenters. The maximum Gasteiger partial charge on any atom is 0.332 e. The number of carbonyl (C=O) groups excluding carboxylic acids is 1. The number of nitrogens with one attached hydrogen (secondary N) is 1. The van der Waals surface area contributed by atoms with Gasteiger partial charge in [0.2, 0.25) is 0 Å². The van der Waals surface area contributed by atoms with E-state index < -0.39 is 6.03 Å². The van der Waals surface area contributed by atoms with Gasteiger partial charge in [-0.1, -0.05) is 0 Å². The Kier molecular flexibility index (Phi) is 5.64. The molecule has 5 heteroatoms. The van der Waals surface area contributed by atoms with E-state index in [2.05, 4.69) is 10.5 Å². The van der Waals surface area contributed by atoms with Gasteiger partial charge >= 0.3 is 6.03 Å². The SMILES string of the molecule is CSCC/C(C)=N/NC(N)=O. The van der Waals surface area contributed by atoms with E-state index in [4.69, 9.17) is 5.73 Å². The highest BCUT2D eigenvalue weighted by molar-refractivity contribution is 7.98. The lowest BCUT2D eigenvalue weighted by Gasteiger charge is -1.97. The van der Waals surface area contributed by atoms with Crippen molar-refractivity contribution in [2.75, 3.05) is 12.0 Å². The summed E-state index contributed by atoms with van der Waals surface area (Å²) < 4.78 is 0. The minimum Gasteiger partial charge on any atom is -0.350 e. The number of hydrazone groups is 1. The van der Waals surface area contributed by atoms with Gasteiger partial charge in [0.05, 0.1) is 0 Å². The molecule has 0 aromatic rings. The molecule has 0 aliphatic carbocycles. The van der Waals surface area contributed by atoms with Crippen LogP contribution >= 0.6 is 11.8 Å². The zero-order valence-electron chi connectivity index (χ0n) is 6.76. The zero-order valence-corrected chi connectivity index (χ0v) is 7.57. The summed E-state index contributed by atoms with van der Waals surface area (Å²) in [5, 5.41) is 3.74. The Morgan fingerprint density at radius 1 is 1.73 bits per heavy atom. The fraction of sp³-hybridized carbons (Fsp3) is 0.667. The van der Waals surface area contributed by atoms with Crippen molar-refractivity contribution in [1.82, 2.24) is 5.43 Å². The van der Waals surface area contributed by atoms with Gasteiger partial charge in [-0.25, -0.2) is 10.2 Å². The van der Waals surface area contributed by atoms with Crippen molar-refractivity contribution in [3.05, 3.63) is 0 Å². The first-order chi connectivity index (χ1) is 5.16. The maximum absolute atomic E-state index is 10.2. The van der Waals surface area contributed by atoms with Gasteiger partial charge in [0, 0.05) is 5.71 Å². The number of urea groups is 1. The van der Waals surface area contributed by atoms with Crippen LogP contribution in [0.1, 0.15) is 13.3 Å². The van der Waals surface area contributed by atoms with Crippen molar-refractivity contribution in [2.24, 2.45) is 10.8 Å². The van der Waals surface area contributed by atoms with Crippen molar-refractivity contribution in [3.63, 3.8) is 0 Å². The minimum atomic E-state index is -0.617. The molecule has 0 aliphatic rings. The van der Waals surface area contributed by atoms with E-state index >= 15 is 0 Å². The van der Waals surface area contributed by atoms with Crippen molar-refractivity contribution in [3.8, 4) is 0 Å². The highest BCUT2D eigenvalue weighted by Gasteiger charge is 1.91. The molecule has 0 atom stereocenters. The van der Waals surface area contributed by atoms with Gasteiger partial charge < -0.3 is 5.73 Å². The van der Waals surface area contributed by atoms with Gasteiger partial charge in [-0.3, -0.25) is 0 Å². The monoisotopic (exact) mass is 175 g/mol. The molecule has 0 saturated heterocycles. The second-order valence-corrected chi connectivity index (χ2v) is 3.05. The number of nitrogens with two attached hydrogens (primary N) is 1. The van der Waals surface area contributed by atoms with Gasteiger partial charge in [0.25, 0.3) is 0 Å². The van der Waals surface area contributed by atoms with Crippen molar-refractivity contribution in [2.45, 2.75) is 13.3 Å². The van der Waals surface area contributed by atoms with Crippen LogP contribution in [0.2, 0.25) is 0 Å². The van der Waals surface area contributed by atoms with Crippen LogP contribution in [0.25, 0.3) is 0 Å². The molecule has 0 rings (SSSR count). The number of carbonyl (C=O) groups is 1. The highest BCUT2D eigenvalue weighted by atomic mass is 32.2. The molecule has 64 valence electrons. The van der Waals surface area contributed by atoms with Crippen LogP contribution < -0.4 is 11.2 Å². The van der Waals surface area contributed by atoms with Crippen LogP contribution in [0.15, 0.2) is 5.10 Å². The average molecular weight is 175 g/mol. The summed E-state index contributed by atoms with van der Waals surface area (Å²) in [5.74, 6) is 1.01. The third-order valence-corrected chi connectivity index (χ3v) is 1.64. The first-order valence-electron chi connectivity index (χ1n) is 3.24. The molecule has 0 radical (unpaired) electrons. The first kappa shape index (κ1) is 10.3. The summed E-state index contributed by atoms with van der Waals surface area (Å²) in [4.78, 5) is 10.2. The van der Waals surface area contributed by atoms with Crippen LogP contribution in [-0.2, 0) is 0 Å². The van der Waals surface area contributed by atoms with Gasteiger partial charge in [-0.15, -0.1) is 0 Å². The lowest BCUT2D eigenvalue weighted by Crippen LogP contribution is -2.25. The largest absolute Gasteiger partial charge is 0.350 e. The predicted octanol–water partition coefficient (Wildman–Crippen LogP) is 0.784. The topological polar surface area (TPSA) is 67.5 Å². The molecule has 0 fully saturated rings. The molecule has 4 nitrogen and oxygen atoms in total. The molecular weight excluding hydrogens is 162 g/mol. The fourth-order valence-electron chi connectivity index (χ4n) is 0.456. The summed E-state index contributed by atoms with van der Waals surface area (Å²) in [6.45, 7) is 1.85. The van der Waals surface area contributed by atoms with Crippen LogP contribution in [0, 0.1) is 0 Å². The molecular formula is C6H13N3OS. The molecule has 0 bridgehead atoms. The van der Waals surface area contributed by atoms with Crippen LogP contribution in [-0.4, -0.2) is 23.8 Å². The van der Waals surface area contributed by atoms with E-state index in [1.54, 1.807) is 11.8 Å². The lowest BCUT2D eigenvalue weighted by molar-refractivity contribution is 0.249. The number of hydrogen-bond acceptors (Lipinski definition) is 3. The number of primary amides is 1. The van der Waals surface area contributed by atoms with Crippen LogP contribution in [0.4, 0.5) is 4.79 Å². The van der Waals surface area contributed by atoms with Crippen molar-refractivity contribution in [1.29, 1.82) is 0 Å². The average Bonchev–Trinajstić information content (AvgIpc) is 1.97. The predicted molar refractivity (Wildman–Crippen MR) is 48.8 cm³/mol. The summed E-state index contributed by atoms with van der Waals surface area (Å²) in [5.41, 5.74) is 7.87.